The van der Waals surface area contributed by atoms with Crippen molar-refractivity contribution in [2.45, 2.75) is 26.0 Å². The third-order valence-corrected chi connectivity index (χ3v) is 4.86. The Morgan fingerprint density at radius 2 is 2.22 bits per heavy atom. The van der Waals surface area contributed by atoms with Crippen LogP contribution in [-0.2, 0) is 20.9 Å². The summed E-state index contributed by atoms with van der Waals surface area (Å²) >= 11 is 0. The molecule has 1 aromatic heterocycles. The molecule has 2 aliphatic rings. The second kappa shape index (κ2) is 6.78. The molecule has 3 heterocycles. The molecule has 1 amide bonds. The molecule has 0 fully saturated rings. The minimum Gasteiger partial charge on any atom is -0.490 e. The molecule has 1 unspecified atom stereocenters. The number of fused-ring (bicyclic) bond motifs is 2. The standard InChI is InChI=1S/C20H19N3O4/c1-3-18(25)22-16-11-27-20-14(7-21-8-15(16)20)12-4-5-17-13(6-12)10-26-19(9-24)23(17)2/h4-8,16H,3,10-11H2,1-2H3,(H,22,25). The first kappa shape index (κ1) is 17.1. The van der Waals surface area contributed by atoms with Gasteiger partial charge in [-0.05, 0) is 17.7 Å². The monoisotopic (exact) mass is 365 g/mol. The minimum atomic E-state index is -0.188. The van der Waals surface area contributed by atoms with Gasteiger partial charge < -0.3 is 19.7 Å². The summed E-state index contributed by atoms with van der Waals surface area (Å²) in [6.45, 7) is 2.51. The lowest BCUT2D eigenvalue weighted by molar-refractivity contribution is -0.121. The van der Waals surface area contributed by atoms with Gasteiger partial charge >= 0.3 is 0 Å². The van der Waals surface area contributed by atoms with Crippen molar-refractivity contribution in [2.24, 2.45) is 0 Å². The van der Waals surface area contributed by atoms with Gasteiger partial charge in [0.15, 0.2) is 5.94 Å². The molecule has 27 heavy (non-hydrogen) atoms. The van der Waals surface area contributed by atoms with Gasteiger partial charge in [0.05, 0.1) is 11.7 Å². The van der Waals surface area contributed by atoms with E-state index in [2.05, 4.69) is 10.3 Å². The number of carbonyl (C=O) groups is 1. The van der Waals surface area contributed by atoms with Crippen LogP contribution in [0.5, 0.6) is 5.75 Å². The van der Waals surface area contributed by atoms with Crippen LogP contribution < -0.4 is 15.0 Å². The molecule has 2 aliphatic heterocycles. The molecule has 1 atom stereocenters. The Morgan fingerprint density at radius 1 is 1.37 bits per heavy atom. The largest absolute Gasteiger partial charge is 0.490 e. The summed E-state index contributed by atoms with van der Waals surface area (Å²) in [6.07, 6.45) is 3.92. The van der Waals surface area contributed by atoms with E-state index < -0.39 is 0 Å². The lowest BCUT2D eigenvalue weighted by Crippen LogP contribution is -2.28. The van der Waals surface area contributed by atoms with Gasteiger partial charge in [-0.15, -0.1) is 0 Å². The van der Waals surface area contributed by atoms with Crippen molar-refractivity contribution in [3.63, 3.8) is 0 Å². The number of nitrogens with zero attached hydrogens (tertiary/aromatic N) is 2. The van der Waals surface area contributed by atoms with Crippen LogP contribution in [0.2, 0.25) is 0 Å². The predicted octanol–water partition coefficient (Wildman–Crippen LogP) is 2.35. The number of hydrogen-bond donors (Lipinski definition) is 1. The zero-order chi connectivity index (χ0) is 19.0. The summed E-state index contributed by atoms with van der Waals surface area (Å²) < 4.78 is 11.3. The molecular formula is C20H19N3O4. The van der Waals surface area contributed by atoms with Crippen LogP contribution in [0, 0.1) is 0 Å². The number of anilines is 1. The molecule has 138 valence electrons. The maximum absolute atomic E-state index is 11.7. The first-order valence-corrected chi connectivity index (χ1v) is 8.77. The highest BCUT2D eigenvalue weighted by Gasteiger charge is 2.29. The highest BCUT2D eigenvalue weighted by atomic mass is 16.5. The highest BCUT2D eigenvalue weighted by molar-refractivity contribution is 5.79. The van der Waals surface area contributed by atoms with Gasteiger partial charge in [-0.2, -0.15) is 0 Å². The maximum atomic E-state index is 11.7. The maximum Gasteiger partial charge on any atom is 0.282 e. The average Bonchev–Trinajstić information content (AvgIpc) is 3.11. The van der Waals surface area contributed by atoms with Crippen LogP contribution >= 0.6 is 0 Å². The Morgan fingerprint density at radius 3 is 3.00 bits per heavy atom. The van der Waals surface area contributed by atoms with E-state index in [1.807, 2.05) is 25.1 Å². The molecule has 4 rings (SSSR count). The van der Waals surface area contributed by atoms with Crippen molar-refractivity contribution in [1.82, 2.24) is 10.3 Å². The van der Waals surface area contributed by atoms with E-state index in [0.29, 0.717) is 19.6 Å². The van der Waals surface area contributed by atoms with Crippen LogP contribution in [0.15, 0.2) is 36.5 Å². The van der Waals surface area contributed by atoms with Crippen LogP contribution in [0.3, 0.4) is 0 Å². The van der Waals surface area contributed by atoms with Gasteiger partial charge in [-0.3, -0.25) is 9.78 Å². The number of benzene rings is 1. The Labute approximate surface area is 156 Å². The van der Waals surface area contributed by atoms with Crippen LogP contribution in [0.25, 0.3) is 11.1 Å². The second-order valence-corrected chi connectivity index (χ2v) is 6.49. The van der Waals surface area contributed by atoms with E-state index in [4.69, 9.17) is 9.47 Å². The number of aromatic nitrogens is 1. The van der Waals surface area contributed by atoms with E-state index in [0.717, 1.165) is 33.7 Å². The normalized spacial score (nSPS) is 17.3. The third-order valence-electron chi connectivity index (χ3n) is 4.86. The molecule has 0 saturated carbocycles. The quantitative estimate of drug-likeness (QED) is 0.841. The summed E-state index contributed by atoms with van der Waals surface area (Å²) in [5.74, 6) is 2.70. The van der Waals surface area contributed by atoms with E-state index in [9.17, 15) is 9.59 Å². The topological polar surface area (TPSA) is 80.8 Å². The van der Waals surface area contributed by atoms with E-state index >= 15 is 0 Å². The summed E-state index contributed by atoms with van der Waals surface area (Å²) in [5.41, 5.74) is 4.55. The van der Waals surface area contributed by atoms with Gasteiger partial charge in [0.25, 0.3) is 5.88 Å². The zero-order valence-electron chi connectivity index (χ0n) is 15.1. The molecule has 7 nitrogen and oxygen atoms in total. The Kier molecular flexibility index (Phi) is 4.30. The number of rotatable bonds is 3. The molecule has 0 radical (unpaired) electrons. The van der Waals surface area contributed by atoms with Gasteiger partial charge in [0.1, 0.15) is 19.0 Å². The van der Waals surface area contributed by atoms with Crippen LogP contribution in [0.4, 0.5) is 5.69 Å². The summed E-state index contributed by atoms with van der Waals surface area (Å²) in [4.78, 5) is 28.7. The van der Waals surface area contributed by atoms with E-state index in [1.165, 1.54) is 0 Å². The lowest BCUT2D eigenvalue weighted by Gasteiger charge is -2.28. The first-order valence-electron chi connectivity index (χ1n) is 8.77. The number of carbonyl (C=O) groups excluding carboxylic acids is 2. The molecule has 7 heteroatoms. The Bertz CT molecular complexity index is 966. The smallest absolute Gasteiger partial charge is 0.282 e. The van der Waals surface area contributed by atoms with Gasteiger partial charge in [-0.1, -0.05) is 13.0 Å². The van der Waals surface area contributed by atoms with Crippen molar-refractivity contribution in [2.75, 3.05) is 18.6 Å². The molecule has 2 aromatic rings. The second-order valence-electron chi connectivity index (χ2n) is 6.49. The lowest BCUT2D eigenvalue weighted by atomic mass is 9.99. The number of ether oxygens (including phenoxy) is 2. The van der Waals surface area contributed by atoms with Crippen molar-refractivity contribution < 1.29 is 19.1 Å². The number of hydrogen-bond acceptors (Lipinski definition) is 6. The average molecular weight is 365 g/mol. The highest BCUT2D eigenvalue weighted by Crippen LogP contribution is 2.41. The molecule has 0 spiro atoms. The number of amides is 1. The number of pyridine rings is 1. The summed E-state index contributed by atoms with van der Waals surface area (Å²) in [5, 5.41) is 2.96. The third kappa shape index (κ3) is 2.92. The van der Waals surface area contributed by atoms with Gasteiger partial charge in [0, 0.05) is 42.6 Å². The Hall–Kier alpha value is -3.31. The van der Waals surface area contributed by atoms with E-state index in [1.54, 1.807) is 30.3 Å². The zero-order valence-corrected chi connectivity index (χ0v) is 15.1. The van der Waals surface area contributed by atoms with Crippen LogP contribution in [-0.4, -0.2) is 30.5 Å². The molecule has 0 bridgehead atoms. The summed E-state index contributed by atoms with van der Waals surface area (Å²) in [6, 6.07) is 5.72. The summed E-state index contributed by atoms with van der Waals surface area (Å²) in [7, 11) is 1.77. The van der Waals surface area contributed by atoms with Gasteiger partial charge in [-0.25, -0.2) is 4.79 Å². The Balaban J connectivity index is 1.70. The fraction of sp³-hybridized carbons (Fsp3) is 0.300. The van der Waals surface area contributed by atoms with Crippen molar-refractivity contribution in [3.8, 4) is 16.9 Å². The first-order chi connectivity index (χ1) is 13.1. The molecule has 0 aliphatic carbocycles. The fourth-order valence-electron chi connectivity index (χ4n) is 3.40. The van der Waals surface area contributed by atoms with Crippen molar-refractivity contribution in [1.29, 1.82) is 0 Å². The molecular weight excluding hydrogens is 346 g/mol. The van der Waals surface area contributed by atoms with Crippen molar-refractivity contribution in [3.05, 3.63) is 47.6 Å². The molecule has 0 saturated heterocycles. The predicted molar refractivity (Wildman–Crippen MR) is 98.7 cm³/mol. The van der Waals surface area contributed by atoms with Gasteiger partial charge in [0.2, 0.25) is 5.91 Å². The molecule has 1 aromatic carbocycles. The van der Waals surface area contributed by atoms with Crippen LogP contribution in [0.1, 0.15) is 30.5 Å². The fourth-order valence-corrected chi connectivity index (χ4v) is 3.40. The van der Waals surface area contributed by atoms with Crippen molar-refractivity contribution >= 4 is 17.5 Å². The SMILES string of the molecule is CCC(=O)NC1COc2c(-c3ccc4c(c3)COC(=C=O)N4C)cncc21. The van der Waals surface area contributed by atoms with E-state index in [-0.39, 0.29) is 17.8 Å². The minimum absolute atomic E-state index is 0.0187. The molecule has 1 N–H and O–H groups in total. The number of nitrogens with one attached hydrogen (secondary N) is 1.